The van der Waals surface area contributed by atoms with Gasteiger partial charge in [-0.1, -0.05) is 6.58 Å². The molecule has 0 amide bonds. The second-order valence-corrected chi connectivity index (χ2v) is 4.23. The Labute approximate surface area is 112 Å². The van der Waals surface area contributed by atoms with Gasteiger partial charge in [0.1, 0.15) is 18.5 Å². The van der Waals surface area contributed by atoms with Crippen LogP contribution < -0.4 is 11.4 Å². The van der Waals surface area contributed by atoms with Gasteiger partial charge in [-0.25, -0.2) is 14.2 Å². The quantitative estimate of drug-likeness (QED) is 0.578. The fraction of sp³-hybridized carbons (Fsp3) is 0.455. The Kier molecular flexibility index (Phi) is 3.69. The van der Waals surface area contributed by atoms with E-state index < -0.39 is 36.4 Å². The van der Waals surface area contributed by atoms with Crippen molar-refractivity contribution < 1.29 is 19.3 Å². The van der Waals surface area contributed by atoms with Gasteiger partial charge in [-0.15, -0.1) is 5.73 Å². The predicted octanol–water partition coefficient (Wildman–Crippen LogP) is -1.48. The fourth-order valence-electron chi connectivity index (χ4n) is 2.03. The minimum atomic E-state index is -2.50. The molecule has 2 rings (SSSR count). The minimum absolute atomic E-state index is 0.271. The van der Waals surface area contributed by atoms with Crippen molar-refractivity contribution in [3.8, 4) is 0 Å². The molecule has 0 unspecified atom stereocenters. The molecule has 0 bridgehead atoms. The van der Waals surface area contributed by atoms with Crippen LogP contribution in [0.15, 0.2) is 29.5 Å². The summed E-state index contributed by atoms with van der Waals surface area (Å²) >= 11 is 0. The number of nitrogen functional groups attached to an aromatic ring is 1. The first-order valence-electron chi connectivity index (χ1n) is 5.65. The summed E-state index contributed by atoms with van der Waals surface area (Å²) in [6.45, 7) is 2.60. The van der Waals surface area contributed by atoms with Crippen LogP contribution in [0.25, 0.3) is 0 Å². The highest BCUT2D eigenvalue weighted by atomic mass is 19.1. The van der Waals surface area contributed by atoms with E-state index in [0.29, 0.717) is 0 Å². The van der Waals surface area contributed by atoms with Gasteiger partial charge in [-0.05, 0) is 0 Å². The summed E-state index contributed by atoms with van der Waals surface area (Å²) < 4.78 is 20.8. The Morgan fingerprint density at radius 2 is 2.45 bits per heavy atom. The van der Waals surface area contributed by atoms with E-state index in [2.05, 4.69) is 22.3 Å². The summed E-state index contributed by atoms with van der Waals surface area (Å²) in [4.78, 5) is 18.6. The Morgan fingerprint density at radius 3 is 3.00 bits per heavy atom. The zero-order valence-electron chi connectivity index (χ0n) is 10.3. The Bertz CT molecular complexity index is 615. The summed E-state index contributed by atoms with van der Waals surface area (Å²) in [5.41, 5.74) is 4.05. The number of ether oxygens (including phenoxy) is 1. The molecule has 0 aliphatic carbocycles. The molecule has 1 saturated heterocycles. The number of nitrogens with two attached hydrogens (primary N) is 1. The van der Waals surface area contributed by atoms with E-state index in [1.54, 1.807) is 0 Å². The normalized spacial score (nSPS) is 32.9. The number of aliphatic hydroxyl groups is 2. The maximum atomic E-state index is 14.9. The molecule has 0 aromatic carbocycles. The van der Waals surface area contributed by atoms with Crippen LogP contribution in [0.5, 0.6) is 0 Å². The first-order chi connectivity index (χ1) is 9.43. The predicted molar refractivity (Wildman–Crippen MR) is 65.3 cm³/mol. The van der Waals surface area contributed by atoms with E-state index in [4.69, 9.17) is 15.6 Å². The highest BCUT2D eigenvalue weighted by Crippen LogP contribution is 2.41. The van der Waals surface area contributed by atoms with Gasteiger partial charge in [0.05, 0.1) is 6.61 Å². The average Bonchev–Trinajstić information content (AvgIpc) is 2.63. The molecular formula is C11H13FN4O4. The largest absolute Gasteiger partial charge is 0.394 e. The summed E-state index contributed by atoms with van der Waals surface area (Å²) in [5, 5.41) is 19.0. The van der Waals surface area contributed by atoms with Crippen LogP contribution >= 0.6 is 0 Å². The minimum Gasteiger partial charge on any atom is -0.394 e. The van der Waals surface area contributed by atoms with E-state index in [9.17, 15) is 14.3 Å². The SMILES string of the molecule is C=C=C[C@@]1(F)[C@H](O)[C@@H](CO)O[C@H]1n1cnc(N)nc1=O. The molecule has 9 heteroatoms. The van der Waals surface area contributed by atoms with E-state index in [0.717, 1.165) is 17.0 Å². The van der Waals surface area contributed by atoms with Crippen LogP contribution in [-0.2, 0) is 4.74 Å². The molecule has 1 aromatic rings. The third-order valence-corrected chi connectivity index (χ3v) is 2.99. The Balaban J connectivity index is 2.53. The van der Waals surface area contributed by atoms with Crippen molar-refractivity contribution in [2.45, 2.75) is 24.1 Å². The lowest BCUT2D eigenvalue weighted by Crippen LogP contribution is -2.44. The number of halogens is 1. The molecule has 0 radical (unpaired) electrons. The van der Waals surface area contributed by atoms with Crippen LogP contribution in [0, 0.1) is 0 Å². The smallest absolute Gasteiger partial charge is 0.354 e. The Morgan fingerprint density at radius 1 is 1.75 bits per heavy atom. The standard InChI is InChI=1S/C11H13FN4O4/c1-2-3-11(12)7(18)6(4-17)20-8(11)16-5-14-9(13)15-10(16)19/h3,5-8,17-18H,1,4H2,(H2,13,15,19)/t6-,7-,8-,11-/m1/s1. The van der Waals surface area contributed by atoms with Crippen molar-refractivity contribution in [2.24, 2.45) is 0 Å². The fourth-order valence-corrected chi connectivity index (χ4v) is 2.03. The van der Waals surface area contributed by atoms with Crippen molar-refractivity contribution in [3.05, 3.63) is 35.2 Å². The van der Waals surface area contributed by atoms with Gasteiger partial charge in [0.25, 0.3) is 0 Å². The monoisotopic (exact) mass is 284 g/mol. The van der Waals surface area contributed by atoms with Crippen LogP contribution in [-0.4, -0.2) is 49.2 Å². The highest BCUT2D eigenvalue weighted by Gasteiger charge is 2.57. The van der Waals surface area contributed by atoms with Gasteiger partial charge in [-0.3, -0.25) is 4.57 Å². The number of aromatic nitrogens is 3. The third kappa shape index (κ3) is 2.12. The van der Waals surface area contributed by atoms with E-state index >= 15 is 0 Å². The molecule has 0 saturated carbocycles. The Hall–Kier alpha value is -2.06. The number of anilines is 1. The molecule has 108 valence electrons. The lowest BCUT2D eigenvalue weighted by Gasteiger charge is -2.24. The van der Waals surface area contributed by atoms with Crippen LogP contribution in [0.2, 0.25) is 0 Å². The van der Waals surface area contributed by atoms with Crippen LogP contribution in [0.4, 0.5) is 10.3 Å². The lowest BCUT2D eigenvalue weighted by atomic mass is 9.96. The molecule has 4 atom stereocenters. The maximum Gasteiger partial charge on any atom is 0.354 e. The first kappa shape index (κ1) is 14.4. The third-order valence-electron chi connectivity index (χ3n) is 2.99. The van der Waals surface area contributed by atoms with Gasteiger partial charge >= 0.3 is 5.69 Å². The van der Waals surface area contributed by atoms with Crippen molar-refractivity contribution in [2.75, 3.05) is 12.3 Å². The molecule has 0 spiro atoms. The van der Waals surface area contributed by atoms with Crippen molar-refractivity contribution >= 4 is 5.95 Å². The lowest BCUT2D eigenvalue weighted by molar-refractivity contribution is -0.0560. The molecule has 2 heterocycles. The number of nitrogens with zero attached hydrogens (tertiary/aromatic N) is 3. The summed E-state index contributed by atoms with van der Waals surface area (Å²) in [6, 6.07) is 0. The number of rotatable bonds is 3. The van der Waals surface area contributed by atoms with Gasteiger partial charge in [0.2, 0.25) is 11.6 Å². The van der Waals surface area contributed by atoms with Crippen LogP contribution in [0.1, 0.15) is 6.23 Å². The molecule has 1 aromatic heterocycles. The zero-order valence-corrected chi connectivity index (χ0v) is 10.3. The van der Waals surface area contributed by atoms with Gasteiger partial charge in [0, 0.05) is 6.08 Å². The van der Waals surface area contributed by atoms with Gasteiger partial charge < -0.3 is 20.7 Å². The number of aliphatic hydroxyl groups excluding tert-OH is 2. The number of hydrogen-bond acceptors (Lipinski definition) is 7. The second-order valence-electron chi connectivity index (χ2n) is 4.23. The van der Waals surface area contributed by atoms with Gasteiger partial charge in [-0.2, -0.15) is 4.98 Å². The van der Waals surface area contributed by atoms with Crippen molar-refractivity contribution in [1.82, 2.24) is 14.5 Å². The summed E-state index contributed by atoms with van der Waals surface area (Å²) in [5.74, 6) is -0.271. The summed E-state index contributed by atoms with van der Waals surface area (Å²) in [7, 11) is 0. The molecule has 1 aliphatic rings. The van der Waals surface area contributed by atoms with Crippen molar-refractivity contribution in [1.29, 1.82) is 0 Å². The highest BCUT2D eigenvalue weighted by molar-refractivity contribution is 5.15. The van der Waals surface area contributed by atoms with Crippen LogP contribution in [0.3, 0.4) is 0 Å². The average molecular weight is 284 g/mol. The molecule has 1 fully saturated rings. The molecule has 8 nitrogen and oxygen atoms in total. The van der Waals surface area contributed by atoms with Crippen molar-refractivity contribution in [3.63, 3.8) is 0 Å². The number of alkyl halides is 1. The second kappa shape index (κ2) is 5.14. The molecule has 4 N–H and O–H groups in total. The topological polar surface area (TPSA) is 123 Å². The first-order valence-corrected chi connectivity index (χ1v) is 5.65. The van der Waals surface area contributed by atoms with E-state index in [-0.39, 0.29) is 5.95 Å². The molecule has 1 aliphatic heterocycles. The van der Waals surface area contributed by atoms with E-state index in [1.165, 1.54) is 0 Å². The van der Waals surface area contributed by atoms with Gasteiger partial charge in [0.15, 0.2) is 6.23 Å². The number of hydrogen-bond donors (Lipinski definition) is 3. The summed E-state index contributed by atoms with van der Waals surface area (Å²) in [6.07, 6.45) is -2.68. The van der Waals surface area contributed by atoms with E-state index in [1.807, 2.05) is 0 Å². The molecular weight excluding hydrogens is 271 g/mol. The maximum absolute atomic E-state index is 14.9. The zero-order chi connectivity index (χ0) is 14.9. The molecule has 20 heavy (non-hydrogen) atoms.